The number of para-hydroxylation sites is 2. The molecule has 2 nitrogen and oxygen atoms in total. The van der Waals surface area contributed by atoms with Crippen LogP contribution in [0.15, 0.2) is 97.1 Å². The van der Waals surface area contributed by atoms with Gasteiger partial charge < -0.3 is 0 Å². The number of amides is 1. The quantitative estimate of drug-likeness (QED) is 0.613. The van der Waals surface area contributed by atoms with Gasteiger partial charge in [-0.3, -0.25) is 9.69 Å². The maximum absolute atomic E-state index is 12.8. The SMILES string of the molecule is O=C(C/C=C/c1ccccc1)N(c1ccccc1)c1ccccc1. The number of carbonyl (C=O) groups is 1. The predicted octanol–water partition coefficient (Wildman–Crippen LogP) is 5.45. The van der Waals surface area contributed by atoms with Crippen molar-refractivity contribution in [2.45, 2.75) is 6.42 Å². The number of rotatable bonds is 5. The van der Waals surface area contributed by atoms with E-state index in [0.29, 0.717) is 6.42 Å². The van der Waals surface area contributed by atoms with Crippen LogP contribution in [0, 0.1) is 0 Å². The van der Waals surface area contributed by atoms with E-state index in [2.05, 4.69) is 0 Å². The summed E-state index contributed by atoms with van der Waals surface area (Å²) >= 11 is 0. The fourth-order valence-corrected chi connectivity index (χ4v) is 2.54. The van der Waals surface area contributed by atoms with Crippen molar-refractivity contribution in [3.63, 3.8) is 0 Å². The Balaban J connectivity index is 1.81. The van der Waals surface area contributed by atoms with Crippen LogP contribution in [0.1, 0.15) is 12.0 Å². The van der Waals surface area contributed by atoms with E-state index in [1.807, 2.05) is 103 Å². The molecule has 0 aromatic heterocycles. The maximum atomic E-state index is 12.8. The molecule has 0 unspecified atom stereocenters. The smallest absolute Gasteiger partial charge is 0.235 e. The lowest BCUT2D eigenvalue weighted by Gasteiger charge is -2.22. The van der Waals surface area contributed by atoms with Crippen LogP contribution in [-0.4, -0.2) is 5.91 Å². The van der Waals surface area contributed by atoms with Gasteiger partial charge in [0.2, 0.25) is 5.91 Å². The second-order valence-electron chi connectivity index (χ2n) is 5.42. The lowest BCUT2D eigenvalue weighted by Crippen LogP contribution is -2.24. The number of benzene rings is 3. The third kappa shape index (κ3) is 3.99. The van der Waals surface area contributed by atoms with Crippen LogP contribution >= 0.6 is 0 Å². The van der Waals surface area contributed by atoms with Crippen molar-refractivity contribution in [3.05, 3.63) is 103 Å². The highest BCUT2D eigenvalue weighted by Crippen LogP contribution is 2.25. The van der Waals surface area contributed by atoms with Gasteiger partial charge >= 0.3 is 0 Å². The van der Waals surface area contributed by atoms with Crippen molar-refractivity contribution >= 4 is 23.4 Å². The zero-order valence-electron chi connectivity index (χ0n) is 13.4. The van der Waals surface area contributed by atoms with Gasteiger partial charge in [-0.25, -0.2) is 0 Å². The van der Waals surface area contributed by atoms with Crippen molar-refractivity contribution in [2.75, 3.05) is 4.90 Å². The van der Waals surface area contributed by atoms with Crippen molar-refractivity contribution in [1.29, 1.82) is 0 Å². The molecule has 2 heteroatoms. The van der Waals surface area contributed by atoms with Crippen molar-refractivity contribution < 1.29 is 4.79 Å². The van der Waals surface area contributed by atoms with Gasteiger partial charge in [0.1, 0.15) is 0 Å². The topological polar surface area (TPSA) is 20.3 Å². The van der Waals surface area contributed by atoms with E-state index in [9.17, 15) is 4.79 Å². The van der Waals surface area contributed by atoms with Crippen molar-refractivity contribution in [2.24, 2.45) is 0 Å². The Morgan fingerprint density at radius 3 is 1.67 bits per heavy atom. The molecule has 118 valence electrons. The van der Waals surface area contributed by atoms with Crippen LogP contribution in [-0.2, 0) is 4.79 Å². The van der Waals surface area contributed by atoms with Crippen LogP contribution in [0.25, 0.3) is 6.08 Å². The first-order chi connectivity index (χ1) is 11.8. The molecule has 0 aliphatic carbocycles. The summed E-state index contributed by atoms with van der Waals surface area (Å²) in [4.78, 5) is 14.6. The van der Waals surface area contributed by atoms with Gasteiger partial charge in [0.25, 0.3) is 0 Å². The molecule has 0 atom stereocenters. The fourth-order valence-electron chi connectivity index (χ4n) is 2.54. The minimum absolute atomic E-state index is 0.0413. The molecule has 0 saturated heterocycles. The highest BCUT2D eigenvalue weighted by molar-refractivity contribution is 6.01. The standard InChI is InChI=1S/C22H19NO/c24-22(18-10-13-19-11-4-1-5-12-19)23(20-14-6-2-7-15-20)21-16-8-3-9-17-21/h1-17H,18H2/b13-10+. The van der Waals surface area contributed by atoms with Gasteiger partial charge in [-0.15, -0.1) is 0 Å². The highest BCUT2D eigenvalue weighted by atomic mass is 16.2. The second-order valence-corrected chi connectivity index (χ2v) is 5.42. The average molecular weight is 313 g/mol. The molecule has 3 aromatic carbocycles. The summed E-state index contributed by atoms with van der Waals surface area (Å²) in [5, 5.41) is 0. The van der Waals surface area contributed by atoms with Gasteiger partial charge in [0.05, 0.1) is 0 Å². The molecular weight excluding hydrogens is 294 g/mol. The van der Waals surface area contributed by atoms with Gasteiger partial charge in [-0.2, -0.15) is 0 Å². The van der Waals surface area contributed by atoms with Crippen LogP contribution < -0.4 is 4.90 Å². The zero-order chi connectivity index (χ0) is 16.6. The molecule has 0 fully saturated rings. The number of carbonyl (C=O) groups excluding carboxylic acids is 1. The number of nitrogens with zero attached hydrogens (tertiary/aromatic N) is 1. The summed E-state index contributed by atoms with van der Waals surface area (Å²) in [6.07, 6.45) is 4.24. The molecule has 0 heterocycles. The van der Waals surface area contributed by atoms with Crippen LogP contribution in [0.3, 0.4) is 0 Å². The fraction of sp³-hybridized carbons (Fsp3) is 0.0455. The first-order valence-electron chi connectivity index (χ1n) is 7.99. The van der Waals surface area contributed by atoms with E-state index in [1.54, 1.807) is 4.90 Å². The highest BCUT2D eigenvalue weighted by Gasteiger charge is 2.16. The van der Waals surface area contributed by atoms with E-state index in [0.717, 1.165) is 16.9 Å². The first kappa shape index (κ1) is 15.8. The molecular formula is C22H19NO. The zero-order valence-corrected chi connectivity index (χ0v) is 13.4. The van der Waals surface area contributed by atoms with Crippen molar-refractivity contribution in [1.82, 2.24) is 0 Å². The molecule has 24 heavy (non-hydrogen) atoms. The molecule has 3 rings (SSSR count). The number of hydrogen-bond donors (Lipinski definition) is 0. The Hall–Kier alpha value is -3.13. The van der Waals surface area contributed by atoms with Gasteiger partial charge in [-0.05, 0) is 29.8 Å². The third-order valence-electron chi connectivity index (χ3n) is 3.68. The molecule has 0 aliphatic rings. The maximum Gasteiger partial charge on any atom is 0.235 e. The summed E-state index contributed by atoms with van der Waals surface area (Å²) in [5.74, 6) is 0.0413. The van der Waals surface area contributed by atoms with E-state index in [1.165, 1.54) is 0 Å². The summed E-state index contributed by atoms with van der Waals surface area (Å²) in [5.41, 5.74) is 2.85. The number of hydrogen-bond acceptors (Lipinski definition) is 1. The minimum Gasteiger partial charge on any atom is -0.281 e. The molecule has 0 saturated carbocycles. The van der Waals surface area contributed by atoms with Crippen LogP contribution in [0.5, 0.6) is 0 Å². The largest absolute Gasteiger partial charge is 0.281 e. The first-order valence-corrected chi connectivity index (χ1v) is 7.99. The van der Waals surface area contributed by atoms with Gasteiger partial charge in [0, 0.05) is 17.8 Å². The molecule has 3 aromatic rings. The third-order valence-corrected chi connectivity index (χ3v) is 3.68. The van der Waals surface area contributed by atoms with Gasteiger partial charge in [0.15, 0.2) is 0 Å². The van der Waals surface area contributed by atoms with Crippen molar-refractivity contribution in [3.8, 4) is 0 Å². The predicted molar refractivity (Wildman–Crippen MR) is 100 cm³/mol. The monoisotopic (exact) mass is 313 g/mol. The van der Waals surface area contributed by atoms with E-state index in [4.69, 9.17) is 0 Å². The minimum atomic E-state index is 0.0413. The lowest BCUT2D eigenvalue weighted by atomic mass is 10.2. The Bertz CT molecular complexity index is 756. The number of anilines is 2. The average Bonchev–Trinajstić information content (AvgIpc) is 2.65. The normalized spacial score (nSPS) is 10.7. The van der Waals surface area contributed by atoms with Gasteiger partial charge in [-0.1, -0.05) is 78.9 Å². The summed E-state index contributed by atoms with van der Waals surface area (Å²) in [7, 11) is 0. The summed E-state index contributed by atoms with van der Waals surface area (Å²) in [6, 6.07) is 29.5. The summed E-state index contributed by atoms with van der Waals surface area (Å²) < 4.78 is 0. The molecule has 0 aliphatic heterocycles. The van der Waals surface area contributed by atoms with Crippen LogP contribution in [0.2, 0.25) is 0 Å². The Morgan fingerprint density at radius 2 is 1.17 bits per heavy atom. The van der Waals surface area contributed by atoms with Crippen LogP contribution in [0.4, 0.5) is 11.4 Å². The molecule has 0 N–H and O–H groups in total. The van der Waals surface area contributed by atoms with E-state index >= 15 is 0 Å². The Morgan fingerprint density at radius 1 is 0.708 bits per heavy atom. The molecule has 0 spiro atoms. The Kier molecular flexibility index (Phi) is 5.21. The molecule has 1 amide bonds. The molecule has 0 radical (unpaired) electrons. The summed E-state index contributed by atoms with van der Waals surface area (Å²) in [6.45, 7) is 0. The molecule has 0 bridgehead atoms. The Labute approximate surface area is 142 Å². The van der Waals surface area contributed by atoms with E-state index in [-0.39, 0.29) is 5.91 Å². The second kappa shape index (κ2) is 7.93. The lowest BCUT2D eigenvalue weighted by molar-refractivity contribution is -0.117. The van der Waals surface area contributed by atoms with E-state index < -0.39 is 0 Å².